The number of amides is 1. The van der Waals surface area contributed by atoms with Crippen molar-refractivity contribution in [3.63, 3.8) is 0 Å². The van der Waals surface area contributed by atoms with Crippen molar-refractivity contribution >= 4 is 16.9 Å². The zero-order valence-electron chi connectivity index (χ0n) is 13.7. The molecule has 3 rings (SSSR count). The number of furan rings is 1. The van der Waals surface area contributed by atoms with E-state index in [2.05, 4.69) is 15.3 Å². The van der Waals surface area contributed by atoms with Gasteiger partial charge in [0.25, 0.3) is 5.91 Å². The molecule has 0 saturated carbocycles. The van der Waals surface area contributed by atoms with Crippen molar-refractivity contribution in [1.29, 1.82) is 0 Å². The molecule has 0 bridgehead atoms. The summed E-state index contributed by atoms with van der Waals surface area (Å²) in [4.78, 5) is 21.4. The third kappa shape index (κ3) is 3.08. The second-order valence-corrected chi connectivity index (χ2v) is 5.74. The minimum Gasteiger partial charge on any atom is -0.464 e. The molecule has 118 valence electrons. The molecule has 23 heavy (non-hydrogen) atoms. The highest BCUT2D eigenvalue weighted by molar-refractivity contribution is 5.97. The van der Waals surface area contributed by atoms with Crippen LogP contribution in [0, 0.1) is 20.8 Å². The number of aryl methyl sites for hydroxylation is 3. The highest BCUT2D eigenvalue weighted by Gasteiger charge is 2.15. The Kier molecular flexibility index (Phi) is 3.86. The van der Waals surface area contributed by atoms with Crippen LogP contribution in [0.2, 0.25) is 0 Å². The molecule has 2 aromatic heterocycles. The van der Waals surface area contributed by atoms with E-state index >= 15 is 0 Å². The van der Waals surface area contributed by atoms with E-state index < -0.39 is 0 Å². The van der Waals surface area contributed by atoms with Gasteiger partial charge in [0.2, 0.25) is 0 Å². The van der Waals surface area contributed by atoms with Crippen LogP contribution in [-0.2, 0) is 0 Å². The number of carbonyl (C=O) groups is 1. The summed E-state index contributed by atoms with van der Waals surface area (Å²) < 4.78 is 5.54. The Balaban J connectivity index is 1.84. The molecule has 0 spiro atoms. The van der Waals surface area contributed by atoms with Crippen molar-refractivity contribution in [3.05, 3.63) is 58.8 Å². The fraction of sp³-hybridized carbons (Fsp3) is 0.278. The van der Waals surface area contributed by atoms with Gasteiger partial charge in [0.15, 0.2) is 0 Å². The van der Waals surface area contributed by atoms with Gasteiger partial charge in [-0.25, -0.2) is 9.97 Å². The first-order valence-corrected chi connectivity index (χ1v) is 7.56. The lowest BCUT2D eigenvalue weighted by molar-refractivity contribution is 0.0935. The number of carbonyl (C=O) groups excluding carboxylic acids is 1. The van der Waals surface area contributed by atoms with Crippen LogP contribution in [0.4, 0.5) is 0 Å². The molecular formula is C18H19N3O2. The van der Waals surface area contributed by atoms with Crippen LogP contribution in [0.3, 0.4) is 0 Å². The van der Waals surface area contributed by atoms with E-state index in [1.54, 1.807) is 12.1 Å². The second-order valence-electron chi connectivity index (χ2n) is 5.74. The lowest BCUT2D eigenvalue weighted by Crippen LogP contribution is -2.26. The molecule has 0 unspecified atom stereocenters. The molecule has 1 N–H and O–H groups in total. The van der Waals surface area contributed by atoms with Gasteiger partial charge in [-0.15, -0.1) is 0 Å². The Labute approximate surface area is 134 Å². The topological polar surface area (TPSA) is 68.0 Å². The lowest BCUT2D eigenvalue weighted by atomic mass is 10.1. The number of nitrogens with zero attached hydrogens (tertiary/aromatic N) is 2. The maximum absolute atomic E-state index is 12.4. The smallest absolute Gasteiger partial charge is 0.251 e. The van der Waals surface area contributed by atoms with Gasteiger partial charge in [-0.1, -0.05) is 0 Å². The van der Waals surface area contributed by atoms with E-state index in [-0.39, 0.29) is 11.9 Å². The zero-order valence-corrected chi connectivity index (χ0v) is 13.7. The molecule has 0 aliphatic rings. The predicted octanol–water partition coefficient (Wildman–Crippen LogP) is 3.64. The number of rotatable bonds is 3. The molecule has 3 aromatic rings. The number of aromatic nitrogens is 2. The molecule has 5 nitrogen and oxygen atoms in total. The molecule has 0 aliphatic heterocycles. The van der Waals surface area contributed by atoms with Gasteiger partial charge in [-0.05, 0) is 58.0 Å². The fourth-order valence-corrected chi connectivity index (χ4v) is 2.41. The summed E-state index contributed by atoms with van der Waals surface area (Å²) >= 11 is 0. The van der Waals surface area contributed by atoms with E-state index in [1.807, 2.05) is 45.9 Å². The second kappa shape index (κ2) is 5.83. The van der Waals surface area contributed by atoms with Crippen molar-refractivity contribution in [3.8, 4) is 0 Å². The predicted molar refractivity (Wildman–Crippen MR) is 88.3 cm³/mol. The number of hydrogen-bond acceptors (Lipinski definition) is 4. The molecule has 0 aliphatic carbocycles. The van der Waals surface area contributed by atoms with Gasteiger partial charge in [-0.3, -0.25) is 4.79 Å². The Morgan fingerprint density at radius 3 is 2.39 bits per heavy atom. The average molecular weight is 309 g/mol. The average Bonchev–Trinajstić information content (AvgIpc) is 2.94. The third-order valence-corrected chi connectivity index (χ3v) is 3.87. The monoisotopic (exact) mass is 309 g/mol. The zero-order chi connectivity index (χ0) is 16.6. The SMILES string of the molecule is Cc1ccc([C@H](C)NC(=O)c2ccc3nc(C)c(C)nc3c2)o1. The number of hydrogen-bond donors (Lipinski definition) is 1. The number of benzene rings is 1. The van der Waals surface area contributed by atoms with Crippen molar-refractivity contribution in [2.45, 2.75) is 33.7 Å². The molecule has 5 heteroatoms. The van der Waals surface area contributed by atoms with Crippen molar-refractivity contribution in [1.82, 2.24) is 15.3 Å². The van der Waals surface area contributed by atoms with Crippen LogP contribution in [0.15, 0.2) is 34.7 Å². The van der Waals surface area contributed by atoms with Gasteiger partial charge < -0.3 is 9.73 Å². The molecule has 1 atom stereocenters. The summed E-state index contributed by atoms with van der Waals surface area (Å²) in [6.07, 6.45) is 0. The van der Waals surface area contributed by atoms with Crippen LogP contribution >= 0.6 is 0 Å². The summed E-state index contributed by atoms with van der Waals surface area (Å²) in [5.74, 6) is 1.41. The van der Waals surface area contributed by atoms with Crippen LogP contribution in [0.5, 0.6) is 0 Å². The first kappa shape index (κ1) is 15.2. The summed E-state index contributed by atoms with van der Waals surface area (Å²) in [5.41, 5.74) is 3.85. The van der Waals surface area contributed by atoms with E-state index in [9.17, 15) is 4.79 Å². The molecule has 2 heterocycles. The summed E-state index contributed by atoms with van der Waals surface area (Å²) in [5, 5.41) is 2.94. The van der Waals surface area contributed by atoms with Gasteiger partial charge in [0, 0.05) is 5.56 Å². The van der Waals surface area contributed by atoms with E-state index in [4.69, 9.17) is 4.42 Å². The maximum atomic E-state index is 12.4. The third-order valence-electron chi connectivity index (χ3n) is 3.87. The normalized spacial score (nSPS) is 12.3. The largest absolute Gasteiger partial charge is 0.464 e. The first-order valence-electron chi connectivity index (χ1n) is 7.56. The number of nitrogens with one attached hydrogen (secondary N) is 1. The number of fused-ring (bicyclic) bond motifs is 1. The van der Waals surface area contributed by atoms with Crippen LogP contribution < -0.4 is 5.32 Å². The minimum absolute atomic E-state index is 0.159. The Morgan fingerprint density at radius 2 is 1.74 bits per heavy atom. The lowest BCUT2D eigenvalue weighted by Gasteiger charge is -2.12. The molecule has 0 fully saturated rings. The summed E-state index contributed by atoms with van der Waals surface area (Å²) in [7, 11) is 0. The van der Waals surface area contributed by atoms with E-state index in [0.29, 0.717) is 5.56 Å². The molecule has 0 radical (unpaired) electrons. The quantitative estimate of drug-likeness (QED) is 0.802. The van der Waals surface area contributed by atoms with E-state index in [1.165, 1.54) is 0 Å². The standard InChI is InChI=1S/C18H19N3O2/c1-10-5-8-17(23-10)13(4)21-18(22)14-6-7-15-16(9-14)20-12(3)11(2)19-15/h5-9,13H,1-4H3,(H,21,22)/t13-/m0/s1. The Bertz CT molecular complexity index is 883. The van der Waals surface area contributed by atoms with Crippen LogP contribution in [-0.4, -0.2) is 15.9 Å². The maximum Gasteiger partial charge on any atom is 0.251 e. The van der Waals surface area contributed by atoms with Gasteiger partial charge >= 0.3 is 0 Å². The van der Waals surface area contributed by atoms with Gasteiger partial charge in [0.1, 0.15) is 11.5 Å². The van der Waals surface area contributed by atoms with Gasteiger partial charge in [-0.2, -0.15) is 0 Å². The van der Waals surface area contributed by atoms with Crippen LogP contribution in [0.1, 0.15) is 46.2 Å². The highest BCUT2D eigenvalue weighted by atomic mass is 16.3. The molecule has 1 aromatic carbocycles. The molecule has 1 amide bonds. The fourth-order valence-electron chi connectivity index (χ4n) is 2.41. The summed E-state index contributed by atoms with van der Waals surface area (Å²) in [6.45, 7) is 7.61. The molecular weight excluding hydrogens is 290 g/mol. The first-order chi connectivity index (χ1) is 10.9. The molecule has 0 saturated heterocycles. The van der Waals surface area contributed by atoms with Gasteiger partial charge in [0.05, 0.1) is 28.5 Å². The summed E-state index contributed by atoms with van der Waals surface area (Å²) in [6, 6.07) is 8.92. The van der Waals surface area contributed by atoms with Crippen molar-refractivity contribution in [2.24, 2.45) is 0 Å². The Hall–Kier alpha value is -2.69. The highest BCUT2D eigenvalue weighted by Crippen LogP contribution is 2.18. The van der Waals surface area contributed by atoms with E-state index in [0.717, 1.165) is 33.9 Å². The minimum atomic E-state index is -0.197. The van der Waals surface area contributed by atoms with Crippen LogP contribution in [0.25, 0.3) is 11.0 Å². The van der Waals surface area contributed by atoms with Crippen molar-refractivity contribution in [2.75, 3.05) is 0 Å². The Morgan fingerprint density at radius 1 is 1.04 bits per heavy atom. The van der Waals surface area contributed by atoms with Crippen molar-refractivity contribution < 1.29 is 9.21 Å².